The molecule has 186 valence electrons. The van der Waals surface area contributed by atoms with Crippen LogP contribution in [0.4, 0.5) is 5.69 Å². The van der Waals surface area contributed by atoms with Gasteiger partial charge in [0.1, 0.15) is 11.8 Å². The van der Waals surface area contributed by atoms with Crippen molar-refractivity contribution in [2.45, 2.75) is 43.7 Å². The Labute approximate surface area is 209 Å². The lowest BCUT2D eigenvalue weighted by Gasteiger charge is -2.38. The molecule has 2 fully saturated rings. The SMILES string of the molecule is N=C(CN1CCC2(CC1)COc1c2ccc2c1CN(C1CCC(=O)NC1=O)C2=O)c1ccccc1N. The number of piperidine rings is 2. The number of carbonyl (C=O) groups is 3. The van der Waals surface area contributed by atoms with Crippen LogP contribution in [-0.4, -0.2) is 65.5 Å². The number of ether oxygens (including phenoxy) is 1. The number of nitrogen functional groups attached to an aromatic ring is 1. The molecule has 6 rings (SSSR count). The van der Waals surface area contributed by atoms with E-state index in [0.717, 1.165) is 48.4 Å². The molecule has 4 N–H and O–H groups in total. The molecule has 0 aliphatic carbocycles. The number of carbonyl (C=O) groups excluding carboxylic acids is 3. The van der Waals surface area contributed by atoms with Crippen molar-refractivity contribution in [2.24, 2.45) is 0 Å². The number of fused-ring (bicyclic) bond motifs is 4. The maximum atomic E-state index is 13.1. The lowest BCUT2D eigenvalue weighted by molar-refractivity contribution is -0.136. The molecule has 2 aromatic carbocycles. The number of nitrogens with one attached hydrogen (secondary N) is 2. The molecule has 4 heterocycles. The summed E-state index contributed by atoms with van der Waals surface area (Å²) < 4.78 is 6.25. The summed E-state index contributed by atoms with van der Waals surface area (Å²) in [5.74, 6) is -0.0915. The van der Waals surface area contributed by atoms with Crippen molar-refractivity contribution in [3.63, 3.8) is 0 Å². The Kier molecular flexibility index (Phi) is 5.33. The van der Waals surface area contributed by atoms with Crippen LogP contribution in [0.2, 0.25) is 0 Å². The third-order valence-electron chi connectivity index (χ3n) is 8.21. The molecule has 0 bridgehead atoms. The molecule has 3 amide bonds. The number of likely N-dealkylation sites (tertiary alicyclic amines) is 1. The lowest BCUT2D eigenvalue weighted by Crippen LogP contribution is -2.52. The van der Waals surface area contributed by atoms with E-state index in [9.17, 15) is 14.4 Å². The third kappa shape index (κ3) is 3.57. The number of rotatable bonds is 4. The van der Waals surface area contributed by atoms with Gasteiger partial charge in [-0.2, -0.15) is 0 Å². The van der Waals surface area contributed by atoms with Gasteiger partial charge in [-0.1, -0.05) is 24.3 Å². The van der Waals surface area contributed by atoms with Gasteiger partial charge in [-0.15, -0.1) is 0 Å². The zero-order chi connectivity index (χ0) is 25.0. The van der Waals surface area contributed by atoms with E-state index in [4.69, 9.17) is 15.9 Å². The molecule has 9 heteroatoms. The highest BCUT2D eigenvalue weighted by Gasteiger charge is 2.47. The fourth-order valence-electron chi connectivity index (χ4n) is 6.12. The molecule has 9 nitrogen and oxygen atoms in total. The number of hydrogen-bond acceptors (Lipinski definition) is 7. The van der Waals surface area contributed by atoms with Gasteiger partial charge in [-0.25, -0.2) is 0 Å². The molecule has 0 saturated carbocycles. The number of benzene rings is 2. The first kappa shape index (κ1) is 22.7. The minimum Gasteiger partial charge on any atom is -0.492 e. The molecule has 2 saturated heterocycles. The van der Waals surface area contributed by atoms with Gasteiger partial charge in [0, 0.05) is 46.3 Å². The van der Waals surface area contributed by atoms with Crippen molar-refractivity contribution in [1.82, 2.24) is 15.1 Å². The van der Waals surface area contributed by atoms with Crippen molar-refractivity contribution in [3.05, 3.63) is 58.7 Å². The lowest BCUT2D eigenvalue weighted by atomic mass is 9.74. The summed E-state index contributed by atoms with van der Waals surface area (Å²) in [6.45, 7) is 3.13. The minimum absolute atomic E-state index is 0.111. The Morgan fingerprint density at radius 3 is 2.67 bits per heavy atom. The van der Waals surface area contributed by atoms with E-state index in [1.54, 1.807) is 4.90 Å². The van der Waals surface area contributed by atoms with Crippen molar-refractivity contribution < 1.29 is 19.1 Å². The van der Waals surface area contributed by atoms with E-state index in [1.165, 1.54) is 0 Å². The average Bonchev–Trinajstić information content (AvgIpc) is 3.39. The second-order valence-electron chi connectivity index (χ2n) is 10.3. The van der Waals surface area contributed by atoms with Crippen molar-refractivity contribution in [2.75, 3.05) is 32.0 Å². The number of nitrogens with two attached hydrogens (primary N) is 1. The van der Waals surface area contributed by atoms with E-state index in [2.05, 4.69) is 10.2 Å². The van der Waals surface area contributed by atoms with Crippen LogP contribution >= 0.6 is 0 Å². The average molecular weight is 488 g/mol. The first-order valence-electron chi connectivity index (χ1n) is 12.4. The van der Waals surface area contributed by atoms with Crippen LogP contribution in [0.1, 0.15) is 52.7 Å². The zero-order valence-electron chi connectivity index (χ0n) is 20.0. The molecule has 1 spiro atoms. The Morgan fingerprint density at radius 2 is 1.92 bits per heavy atom. The van der Waals surface area contributed by atoms with Crippen LogP contribution in [0, 0.1) is 5.41 Å². The van der Waals surface area contributed by atoms with Gasteiger partial charge in [-0.05, 0) is 44.5 Å². The molecule has 4 aliphatic heterocycles. The number of hydrogen-bond donors (Lipinski definition) is 3. The summed E-state index contributed by atoms with van der Waals surface area (Å²) in [6, 6.07) is 10.8. The summed E-state index contributed by atoms with van der Waals surface area (Å²) in [7, 11) is 0. The van der Waals surface area contributed by atoms with Gasteiger partial charge in [-0.3, -0.25) is 24.6 Å². The highest BCUT2D eigenvalue weighted by Crippen LogP contribution is 2.49. The molecule has 1 unspecified atom stereocenters. The second kappa shape index (κ2) is 8.44. The van der Waals surface area contributed by atoms with Crippen LogP contribution in [0.5, 0.6) is 5.75 Å². The molecule has 1 atom stereocenters. The van der Waals surface area contributed by atoms with Crippen molar-refractivity contribution in [3.8, 4) is 5.75 Å². The maximum absolute atomic E-state index is 13.1. The Hall–Kier alpha value is -3.72. The Morgan fingerprint density at radius 1 is 1.14 bits per heavy atom. The Bertz CT molecular complexity index is 1300. The topological polar surface area (TPSA) is 129 Å². The van der Waals surface area contributed by atoms with Gasteiger partial charge in [0.25, 0.3) is 5.91 Å². The van der Waals surface area contributed by atoms with Gasteiger partial charge in [0.2, 0.25) is 11.8 Å². The molecule has 0 aromatic heterocycles. The fraction of sp³-hybridized carbons (Fsp3) is 0.407. The van der Waals surface area contributed by atoms with Gasteiger partial charge in [0.15, 0.2) is 0 Å². The molecule has 2 aromatic rings. The van der Waals surface area contributed by atoms with Crippen LogP contribution in [0.3, 0.4) is 0 Å². The summed E-state index contributed by atoms with van der Waals surface area (Å²) in [6.07, 6.45) is 2.39. The van der Waals surface area contributed by atoms with E-state index >= 15 is 0 Å². The monoisotopic (exact) mass is 487 g/mol. The summed E-state index contributed by atoms with van der Waals surface area (Å²) in [5, 5.41) is 10.9. The molecular formula is C27H29N5O4. The van der Waals surface area contributed by atoms with Crippen LogP contribution < -0.4 is 15.8 Å². The predicted octanol–water partition coefficient (Wildman–Crippen LogP) is 1.82. The number of nitrogens with zero attached hydrogens (tertiary/aromatic N) is 2. The van der Waals surface area contributed by atoms with Gasteiger partial charge >= 0.3 is 0 Å². The molecule has 4 aliphatic rings. The third-order valence-corrected chi connectivity index (χ3v) is 8.21. The second-order valence-corrected chi connectivity index (χ2v) is 10.3. The predicted molar refractivity (Wildman–Crippen MR) is 133 cm³/mol. The molecular weight excluding hydrogens is 458 g/mol. The number of para-hydroxylation sites is 1. The fourth-order valence-corrected chi connectivity index (χ4v) is 6.12. The van der Waals surface area contributed by atoms with Gasteiger partial charge < -0.3 is 20.8 Å². The largest absolute Gasteiger partial charge is 0.492 e. The Balaban J connectivity index is 1.17. The number of imide groups is 1. The highest BCUT2D eigenvalue weighted by atomic mass is 16.5. The standard InChI is InChI=1S/C27H29N5O4/c28-20-4-2-1-3-17(20)21(29)14-31-11-9-27(10-12-31)15-36-24-18-13-32(22-7-8-23(33)30-25(22)34)26(35)16(18)5-6-19(24)27/h1-6,22,29H,7-15,28H2,(H,30,33,34). The van der Waals surface area contributed by atoms with E-state index < -0.39 is 11.9 Å². The minimum atomic E-state index is -0.633. The van der Waals surface area contributed by atoms with Crippen molar-refractivity contribution in [1.29, 1.82) is 5.41 Å². The molecule has 36 heavy (non-hydrogen) atoms. The first-order valence-corrected chi connectivity index (χ1v) is 12.4. The van der Waals surface area contributed by atoms with E-state index in [0.29, 0.717) is 43.1 Å². The summed E-state index contributed by atoms with van der Waals surface area (Å²) >= 11 is 0. The smallest absolute Gasteiger partial charge is 0.255 e. The van der Waals surface area contributed by atoms with E-state index in [-0.39, 0.29) is 23.7 Å². The summed E-state index contributed by atoms with van der Waals surface area (Å²) in [4.78, 5) is 41.0. The number of amides is 3. The highest BCUT2D eigenvalue weighted by molar-refractivity contribution is 6.06. The van der Waals surface area contributed by atoms with Crippen LogP contribution in [0.25, 0.3) is 0 Å². The first-order chi connectivity index (χ1) is 17.4. The van der Waals surface area contributed by atoms with Gasteiger partial charge in [0.05, 0.1) is 18.9 Å². The molecule has 0 radical (unpaired) electrons. The van der Waals surface area contributed by atoms with Crippen LogP contribution in [0.15, 0.2) is 36.4 Å². The maximum Gasteiger partial charge on any atom is 0.255 e. The normalized spacial score (nSPS) is 22.8. The van der Waals surface area contributed by atoms with Crippen molar-refractivity contribution >= 4 is 29.1 Å². The number of anilines is 1. The quantitative estimate of drug-likeness (QED) is 0.343. The summed E-state index contributed by atoms with van der Waals surface area (Å²) in [5.41, 5.74) is 10.5. The zero-order valence-corrected chi connectivity index (χ0v) is 20.0. The van der Waals surface area contributed by atoms with Crippen LogP contribution in [-0.2, 0) is 21.5 Å². The van der Waals surface area contributed by atoms with E-state index in [1.807, 2.05) is 36.4 Å².